The first-order valence-electron chi connectivity index (χ1n) is 11.2. The number of rotatable bonds is 7. The highest BCUT2D eigenvalue weighted by atomic mass is 32.2. The Balaban J connectivity index is 1.68. The molecule has 4 rings (SSSR count). The number of methoxy groups -OCH3 is 1. The molecule has 3 aromatic rings. The Morgan fingerprint density at radius 3 is 2.53 bits per heavy atom. The third kappa shape index (κ3) is 4.70. The Morgan fingerprint density at radius 2 is 1.84 bits per heavy atom. The summed E-state index contributed by atoms with van der Waals surface area (Å²) in [5, 5.41) is 3.60. The summed E-state index contributed by atoms with van der Waals surface area (Å²) in [4.78, 5) is 18.5. The molecule has 1 fully saturated rings. The van der Waals surface area contributed by atoms with Gasteiger partial charge in [-0.3, -0.25) is 4.79 Å². The van der Waals surface area contributed by atoms with Crippen LogP contribution in [0, 0.1) is 20.8 Å². The monoisotopic (exact) mass is 449 g/mol. The lowest BCUT2D eigenvalue weighted by atomic mass is 10.1. The lowest BCUT2D eigenvalue weighted by Crippen LogP contribution is -2.20. The smallest absolute Gasteiger partial charge is 0.242 e. The maximum absolute atomic E-state index is 13.6. The molecule has 0 radical (unpaired) electrons. The summed E-state index contributed by atoms with van der Waals surface area (Å²) in [5.74, 6) is 0.571. The van der Waals surface area contributed by atoms with E-state index in [-0.39, 0.29) is 5.91 Å². The Labute approximate surface area is 194 Å². The number of nitrogens with zero attached hydrogens (tertiary/aromatic N) is 2. The number of amides is 1. The van der Waals surface area contributed by atoms with Crippen LogP contribution in [0.15, 0.2) is 53.7 Å². The first kappa shape index (κ1) is 22.5. The number of hydrogen-bond acceptors (Lipinski definition) is 4. The topological polar surface area (TPSA) is 56.1 Å². The molecule has 1 unspecified atom stereocenters. The SMILES string of the molecule is COc1ccc(C)cc1NC(=O)C(Sc1nc(C)c(C)n1C1CCCC1)c1ccccc1. The van der Waals surface area contributed by atoms with Crippen LogP contribution in [0.2, 0.25) is 0 Å². The van der Waals surface area contributed by atoms with Crippen LogP contribution >= 0.6 is 11.8 Å². The van der Waals surface area contributed by atoms with Gasteiger partial charge in [0, 0.05) is 11.7 Å². The van der Waals surface area contributed by atoms with Crippen molar-refractivity contribution in [2.75, 3.05) is 12.4 Å². The van der Waals surface area contributed by atoms with E-state index in [2.05, 4.69) is 23.7 Å². The molecule has 1 aliphatic rings. The number of carbonyl (C=O) groups is 1. The van der Waals surface area contributed by atoms with Crippen LogP contribution in [0.25, 0.3) is 0 Å². The molecule has 0 bridgehead atoms. The van der Waals surface area contributed by atoms with Crippen LogP contribution in [0.5, 0.6) is 5.75 Å². The summed E-state index contributed by atoms with van der Waals surface area (Å²) in [5.41, 5.74) is 4.94. The number of aryl methyl sites for hydroxylation is 2. The standard InChI is InChI=1S/C26H31N3O2S/c1-17-14-15-23(31-4)22(16-17)28-25(30)24(20-10-6-5-7-11-20)32-26-27-18(2)19(3)29(26)21-12-8-9-13-21/h5-7,10-11,14-16,21,24H,8-9,12-13H2,1-4H3,(H,28,30). The molecule has 5 nitrogen and oxygen atoms in total. The van der Waals surface area contributed by atoms with E-state index in [4.69, 9.17) is 9.72 Å². The van der Waals surface area contributed by atoms with E-state index in [1.807, 2.05) is 55.5 Å². The van der Waals surface area contributed by atoms with E-state index in [0.29, 0.717) is 17.5 Å². The number of hydrogen-bond donors (Lipinski definition) is 1. The molecule has 6 heteroatoms. The predicted octanol–water partition coefficient (Wildman–Crippen LogP) is 6.40. The molecule has 168 valence electrons. The highest BCUT2D eigenvalue weighted by Gasteiger charge is 2.29. The van der Waals surface area contributed by atoms with Crippen molar-refractivity contribution in [3.05, 3.63) is 71.0 Å². The fourth-order valence-electron chi connectivity index (χ4n) is 4.40. The normalized spacial score (nSPS) is 15.0. The molecule has 1 amide bonds. The van der Waals surface area contributed by atoms with E-state index < -0.39 is 5.25 Å². The van der Waals surface area contributed by atoms with Crippen LogP contribution in [-0.2, 0) is 4.79 Å². The molecule has 32 heavy (non-hydrogen) atoms. The minimum atomic E-state index is -0.428. The number of imidazole rings is 1. The van der Waals surface area contributed by atoms with Gasteiger partial charge in [-0.1, -0.05) is 61.0 Å². The van der Waals surface area contributed by atoms with Gasteiger partial charge in [-0.05, 0) is 56.9 Å². The van der Waals surface area contributed by atoms with E-state index >= 15 is 0 Å². The quantitative estimate of drug-likeness (QED) is 0.424. The van der Waals surface area contributed by atoms with Crippen molar-refractivity contribution in [2.24, 2.45) is 0 Å². The zero-order chi connectivity index (χ0) is 22.7. The van der Waals surface area contributed by atoms with Crippen molar-refractivity contribution < 1.29 is 9.53 Å². The molecule has 1 aliphatic carbocycles. The molecule has 0 saturated heterocycles. The summed E-state index contributed by atoms with van der Waals surface area (Å²) >= 11 is 1.53. The molecular formula is C26H31N3O2S. The van der Waals surface area contributed by atoms with Crippen LogP contribution in [0.3, 0.4) is 0 Å². The largest absolute Gasteiger partial charge is 0.495 e. The minimum Gasteiger partial charge on any atom is -0.495 e. The van der Waals surface area contributed by atoms with Gasteiger partial charge in [0.15, 0.2) is 5.16 Å². The van der Waals surface area contributed by atoms with Crippen molar-refractivity contribution in [3.8, 4) is 5.75 Å². The van der Waals surface area contributed by atoms with Crippen molar-refractivity contribution in [3.63, 3.8) is 0 Å². The number of nitrogens with one attached hydrogen (secondary N) is 1. The van der Waals surface area contributed by atoms with Gasteiger partial charge < -0.3 is 14.6 Å². The third-order valence-electron chi connectivity index (χ3n) is 6.22. The maximum Gasteiger partial charge on any atom is 0.242 e. The number of aromatic nitrogens is 2. The number of thioether (sulfide) groups is 1. The fourth-order valence-corrected chi connectivity index (χ4v) is 5.65. The van der Waals surface area contributed by atoms with Gasteiger partial charge >= 0.3 is 0 Å². The van der Waals surface area contributed by atoms with Crippen LogP contribution < -0.4 is 10.1 Å². The lowest BCUT2D eigenvalue weighted by Gasteiger charge is -2.21. The van der Waals surface area contributed by atoms with E-state index in [0.717, 1.165) is 22.0 Å². The van der Waals surface area contributed by atoms with Crippen molar-refractivity contribution >= 4 is 23.4 Å². The van der Waals surface area contributed by atoms with E-state index in [1.165, 1.54) is 43.1 Å². The van der Waals surface area contributed by atoms with Crippen molar-refractivity contribution in [2.45, 2.75) is 62.9 Å². The summed E-state index contributed by atoms with van der Waals surface area (Å²) in [6.07, 6.45) is 4.85. The van der Waals surface area contributed by atoms with Gasteiger partial charge in [0.25, 0.3) is 0 Å². The molecule has 0 spiro atoms. The van der Waals surface area contributed by atoms with Gasteiger partial charge in [-0.15, -0.1) is 0 Å². The first-order chi connectivity index (χ1) is 15.5. The highest BCUT2D eigenvalue weighted by molar-refractivity contribution is 8.00. The van der Waals surface area contributed by atoms with E-state index in [9.17, 15) is 4.79 Å². The Bertz CT molecular complexity index is 1090. The molecule has 1 N–H and O–H groups in total. The summed E-state index contributed by atoms with van der Waals surface area (Å²) in [7, 11) is 1.62. The van der Waals surface area contributed by atoms with Crippen molar-refractivity contribution in [1.82, 2.24) is 9.55 Å². The van der Waals surface area contributed by atoms with Gasteiger partial charge in [-0.25, -0.2) is 4.98 Å². The fraction of sp³-hybridized carbons (Fsp3) is 0.385. The molecule has 2 aromatic carbocycles. The number of carbonyl (C=O) groups excluding carboxylic acids is 1. The van der Waals surface area contributed by atoms with Crippen LogP contribution in [0.4, 0.5) is 5.69 Å². The zero-order valence-corrected chi connectivity index (χ0v) is 20.0. The molecule has 1 saturated carbocycles. The molecule has 1 aromatic heterocycles. The Morgan fingerprint density at radius 1 is 1.12 bits per heavy atom. The minimum absolute atomic E-state index is 0.0821. The second-order valence-electron chi connectivity index (χ2n) is 8.48. The summed E-state index contributed by atoms with van der Waals surface area (Å²) < 4.78 is 7.84. The van der Waals surface area contributed by atoms with Gasteiger partial charge in [0.1, 0.15) is 11.0 Å². The summed E-state index contributed by atoms with van der Waals surface area (Å²) in [6, 6.07) is 16.2. The highest BCUT2D eigenvalue weighted by Crippen LogP contribution is 2.41. The Hall–Kier alpha value is -2.73. The summed E-state index contributed by atoms with van der Waals surface area (Å²) in [6.45, 7) is 6.20. The average molecular weight is 450 g/mol. The Kier molecular flexibility index (Phi) is 6.89. The molecule has 0 aliphatic heterocycles. The van der Waals surface area contributed by atoms with Crippen LogP contribution in [0.1, 0.15) is 59.5 Å². The van der Waals surface area contributed by atoms with Gasteiger partial charge in [0.05, 0.1) is 18.5 Å². The van der Waals surface area contributed by atoms with Crippen LogP contribution in [-0.4, -0.2) is 22.6 Å². The lowest BCUT2D eigenvalue weighted by molar-refractivity contribution is -0.115. The van der Waals surface area contributed by atoms with E-state index in [1.54, 1.807) is 7.11 Å². The molecule has 1 atom stereocenters. The second-order valence-corrected chi connectivity index (χ2v) is 9.55. The number of ether oxygens (including phenoxy) is 1. The average Bonchev–Trinajstić information content (AvgIpc) is 3.41. The molecule has 1 heterocycles. The number of anilines is 1. The van der Waals surface area contributed by atoms with Crippen molar-refractivity contribution in [1.29, 1.82) is 0 Å². The first-order valence-corrected chi connectivity index (χ1v) is 12.1. The predicted molar refractivity (Wildman–Crippen MR) is 131 cm³/mol. The van der Waals surface area contributed by atoms with Gasteiger partial charge in [0.2, 0.25) is 5.91 Å². The third-order valence-corrected chi connectivity index (χ3v) is 7.44. The second kappa shape index (κ2) is 9.82. The molecular weight excluding hydrogens is 418 g/mol. The zero-order valence-electron chi connectivity index (χ0n) is 19.2. The maximum atomic E-state index is 13.6. The van der Waals surface area contributed by atoms with Gasteiger partial charge in [-0.2, -0.15) is 0 Å². The number of benzene rings is 2.